The molecule has 3 heterocycles. The number of hydrogen-bond acceptors (Lipinski definition) is 7. The van der Waals surface area contributed by atoms with Gasteiger partial charge in [-0.3, -0.25) is 9.59 Å². The second kappa shape index (κ2) is 12.1. The van der Waals surface area contributed by atoms with Gasteiger partial charge in [0.15, 0.2) is 5.78 Å². The molecule has 2 aromatic heterocycles. The van der Waals surface area contributed by atoms with Crippen LogP contribution in [0.2, 0.25) is 0 Å². The van der Waals surface area contributed by atoms with E-state index in [-0.39, 0.29) is 29.6 Å². The van der Waals surface area contributed by atoms with E-state index in [4.69, 9.17) is 9.26 Å². The average molecular weight is 493 g/mol. The average Bonchev–Trinajstić information content (AvgIpc) is 3.34. The fourth-order valence-corrected chi connectivity index (χ4v) is 4.74. The molecule has 0 aliphatic carbocycles. The molecule has 0 radical (unpaired) electrons. The highest BCUT2D eigenvalue weighted by molar-refractivity contribution is 5.79. The van der Waals surface area contributed by atoms with Gasteiger partial charge in [-0.25, -0.2) is 0 Å². The van der Waals surface area contributed by atoms with Gasteiger partial charge in [-0.1, -0.05) is 37.6 Å². The molecule has 0 bridgehead atoms. The van der Waals surface area contributed by atoms with Crippen molar-refractivity contribution in [3.8, 4) is 28.4 Å². The van der Waals surface area contributed by atoms with Gasteiger partial charge in [0.25, 0.3) is 5.56 Å². The Balaban J connectivity index is 1.59. The molecule has 0 saturated carbocycles. The zero-order valence-electron chi connectivity index (χ0n) is 21.5. The second-order valence-corrected chi connectivity index (χ2v) is 9.91. The van der Waals surface area contributed by atoms with Crippen LogP contribution in [0.4, 0.5) is 0 Å². The molecule has 1 aliphatic heterocycles. The molecule has 0 atom stereocenters. The van der Waals surface area contributed by atoms with Gasteiger partial charge in [-0.15, -0.1) is 0 Å². The van der Waals surface area contributed by atoms with Crippen LogP contribution in [-0.2, 0) is 17.8 Å². The fourth-order valence-electron chi connectivity index (χ4n) is 4.74. The number of benzene rings is 1. The highest BCUT2D eigenvalue weighted by Gasteiger charge is 2.19. The van der Waals surface area contributed by atoms with Crippen molar-refractivity contribution in [1.29, 1.82) is 0 Å². The number of carbonyl (C=O) groups excluding carboxylic acids is 1. The number of likely N-dealkylation sites (tertiary alicyclic amines) is 1. The zero-order valence-corrected chi connectivity index (χ0v) is 21.5. The lowest BCUT2D eigenvalue weighted by atomic mass is 10.1. The lowest BCUT2D eigenvalue weighted by molar-refractivity contribution is -0.120. The molecule has 8 nitrogen and oxygen atoms in total. The molecular weight excluding hydrogens is 456 g/mol. The fraction of sp³-hybridized carbons (Fsp3) is 0.500. The third kappa shape index (κ3) is 6.49. The maximum atomic E-state index is 13.6. The Morgan fingerprint density at radius 1 is 1.14 bits per heavy atom. The van der Waals surface area contributed by atoms with E-state index in [1.807, 2.05) is 44.2 Å². The van der Waals surface area contributed by atoms with Crippen LogP contribution in [0.15, 0.2) is 45.7 Å². The van der Waals surface area contributed by atoms with Gasteiger partial charge in [0.05, 0.1) is 24.9 Å². The van der Waals surface area contributed by atoms with Crippen LogP contribution in [0.3, 0.4) is 0 Å². The highest BCUT2D eigenvalue weighted by atomic mass is 16.5. The van der Waals surface area contributed by atoms with Gasteiger partial charge in [0.1, 0.15) is 5.75 Å². The van der Waals surface area contributed by atoms with Gasteiger partial charge >= 0.3 is 0 Å². The summed E-state index contributed by atoms with van der Waals surface area (Å²) in [7, 11) is 1.60. The summed E-state index contributed by atoms with van der Waals surface area (Å²) >= 11 is 0. The van der Waals surface area contributed by atoms with Crippen molar-refractivity contribution >= 4 is 5.78 Å². The van der Waals surface area contributed by atoms with Crippen LogP contribution in [0.1, 0.15) is 51.8 Å². The number of hydrogen-bond donors (Lipinski definition) is 0. The zero-order chi connectivity index (χ0) is 25.5. The highest BCUT2D eigenvalue weighted by Crippen LogP contribution is 2.25. The van der Waals surface area contributed by atoms with E-state index in [9.17, 15) is 9.59 Å². The number of aromatic nitrogens is 3. The van der Waals surface area contributed by atoms with E-state index in [0.717, 1.165) is 31.6 Å². The first-order chi connectivity index (χ1) is 17.4. The lowest BCUT2D eigenvalue weighted by Gasteiger charge is -2.25. The Hall–Kier alpha value is -3.26. The normalized spacial score (nSPS) is 14.3. The third-order valence-corrected chi connectivity index (χ3v) is 6.53. The number of aryl methyl sites for hydroxylation is 1. The third-order valence-electron chi connectivity index (χ3n) is 6.53. The maximum absolute atomic E-state index is 13.6. The lowest BCUT2D eigenvalue weighted by Crippen LogP contribution is -2.30. The molecular formula is C28H36N4O4. The van der Waals surface area contributed by atoms with Gasteiger partial charge < -0.3 is 18.7 Å². The number of Topliss-reactive ketones (excluding diaryl/α,β-unsaturated/α-hetero) is 1. The molecule has 0 amide bonds. The van der Waals surface area contributed by atoms with Gasteiger partial charge in [-0.2, -0.15) is 4.98 Å². The molecule has 8 heteroatoms. The molecule has 3 aromatic rings. The first kappa shape index (κ1) is 25.8. The summed E-state index contributed by atoms with van der Waals surface area (Å²) in [6, 6.07) is 11.0. The van der Waals surface area contributed by atoms with Crippen molar-refractivity contribution in [1.82, 2.24) is 19.6 Å². The van der Waals surface area contributed by atoms with Crippen molar-refractivity contribution in [3.05, 3.63) is 52.6 Å². The molecule has 1 fully saturated rings. The van der Waals surface area contributed by atoms with E-state index >= 15 is 0 Å². The molecule has 192 valence electrons. The maximum Gasteiger partial charge on any atom is 0.262 e. The Labute approximate surface area is 212 Å². The van der Waals surface area contributed by atoms with Crippen LogP contribution in [0.5, 0.6) is 5.75 Å². The van der Waals surface area contributed by atoms with Crippen LogP contribution in [-0.4, -0.2) is 52.1 Å². The number of carbonyl (C=O) groups is 1. The van der Waals surface area contributed by atoms with Crippen molar-refractivity contribution in [2.24, 2.45) is 5.92 Å². The van der Waals surface area contributed by atoms with Crippen LogP contribution >= 0.6 is 0 Å². The first-order valence-corrected chi connectivity index (χ1v) is 12.9. The number of rotatable bonds is 11. The predicted molar refractivity (Wildman–Crippen MR) is 139 cm³/mol. The summed E-state index contributed by atoms with van der Waals surface area (Å²) in [5.41, 5.74) is 1.45. The predicted octanol–water partition coefficient (Wildman–Crippen LogP) is 4.61. The molecule has 1 aliphatic rings. The van der Waals surface area contributed by atoms with Crippen molar-refractivity contribution in [2.45, 2.75) is 58.9 Å². The van der Waals surface area contributed by atoms with E-state index < -0.39 is 0 Å². The molecule has 0 N–H and O–H groups in total. The summed E-state index contributed by atoms with van der Waals surface area (Å²) in [6.45, 7) is 7.29. The summed E-state index contributed by atoms with van der Waals surface area (Å²) in [6.07, 6.45) is 5.86. The van der Waals surface area contributed by atoms with Crippen molar-refractivity contribution in [2.75, 3.05) is 26.7 Å². The smallest absolute Gasteiger partial charge is 0.262 e. The first-order valence-electron chi connectivity index (χ1n) is 12.9. The molecule has 4 rings (SSSR count). The Kier molecular flexibility index (Phi) is 8.70. The Bertz CT molecular complexity index is 1220. The number of piperidine rings is 1. The monoisotopic (exact) mass is 492 g/mol. The van der Waals surface area contributed by atoms with E-state index in [0.29, 0.717) is 35.7 Å². The minimum Gasteiger partial charge on any atom is -0.497 e. The van der Waals surface area contributed by atoms with E-state index in [2.05, 4.69) is 15.0 Å². The Morgan fingerprint density at radius 2 is 1.94 bits per heavy atom. The second-order valence-electron chi connectivity index (χ2n) is 9.91. The van der Waals surface area contributed by atoms with E-state index in [1.165, 1.54) is 23.8 Å². The molecule has 36 heavy (non-hydrogen) atoms. The number of ether oxygens (including phenoxy) is 1. The number of nitrogens with zero attached hydrogens (tertiary/aromatic N) is 4. The SMILES string of the molecule is COc1cccc(-c2ccc(-c3noc(CCCN4CCCCC4)n3)c(=O)n2CC(=O)CC(C)C)c1. The summed E-state index contributed by atoms with van der Waals surface area (Å²) in [5, 5.41) is 4.09. The van der Waals surface area contributed by atoms with Gasteiger partial charge in [0.2, 0.25) is 11.7 Å². The van der Waals surface area contributed by atoms with Crippen LogP contribution in [0.25, 0.3) is 22.6 Å². The van der Waals surface area contributed by atoms with E-state index in [1.54, 1.807) is 13.2 Å². The number of pyridine rings is 1. The summed E-state index contributed by atoms with van der Waals surface area (Å²) < 4.78 is 12.3. The topological polar surface area (TPSA) is 90.5 Å². The van der Waals surface area contributed by atoms with Gasteiger partial charge in [0, 0.05) is 18.4 Å². The van der Waals surface area contributed by atoms with Crippen molar-refractivity contribution < 1.29 is 14.1 Å². The quantitative estimate of drug-likeness (QED) is 0.386. The van der Waals surface area contributed by atoms with Crippen molar-refractivity contribution in [3.63, 3.8) is 0 Å². The minimum absolute atomic E-state index is 0.0000835. The molecule has 1 saturated heterocycles. The van der Waals surface area contributed by atoms with Crippen LogP contribution in [0, 0.1) is 5.92 Å². The largest absolute Gasteiger partial charge is 0.497 e. The molecule has 1 aromatic carbocycles. The Morgan fingerprint density at radius 3 is 2.69 bits per heavy atom. The van der Waals surface area contributed by atoms with Gasteiger partial charge in [-0.05, 0) is 69.1 Å². The summed E-state index contributed by atoms with van der Waals surface area (Å²) in [5.74, 6) is 1.67. The molecule has 0 unspecified atom stereocenters. The minimum atomic E-state index is -0.312. The van der Waals surface area contributed by atoms with Crippen LogP contribution < -0.4 is 10.3 Å². The summed E-state index contributed by atoms with van der Waals surface area (Å²) in [4.78, 5) is 33.3. The number of ketones is 1. The number of methoxy groups -OCH3 is 1. The standard InChI is InChI=1S/C28H36N4O4/c1-20(2)17-22(33)19-32-25(21-9-7-10-23(18-21)35-3)13-12-24(28(32)34)27-29-26(36-30-27)11-8-16-31-14-5-4-6-15-31/h7,9-10,12-13,18,20H,4-6,8,11,14-17,19H2,1-3H3. The molecule has 0 spiro atoms.